The van der Waals surface area contributed by atoms with Crippen LogP contribution in [-0.4, -0.2) is 23.7 Å². The molecule has 2 rings (SSSR count). The highest BCUT2D eigenvalue weighted by Gasteiger charge is 2.18. The van der Waals surface area contributed by atoms with Crippen LogP contribution >= 0.6 is 0 Å². The van der Waals surface area contributed by atoms with E-state index in [1.54, 1.807) is 18.2 Å². The van der Waals surface area contributed by atoms with E-state index in [0.717, 1.165) is 0 Å². The molecular weight excluding hydrogens is 282 g/mol. The Bertz CT molecular complexity index is 790. The molecule has 1 aromatic carbocycles. The molecule has 0 unspecified atom stereocenters. The zero-order valence-electron chi connectivity index (χ0n) is 11.8. The fraction of sp³-hybridized carbons (Fsp3) is 0.133. The molecular formula is C15H13N5O2. The van der Waals surface area contributed by atoms with Crippen LogP contribution in [0.5, 0.6) is 11.5 Å². The molecule has 0 aliphatic carbocycles. The molecule has 4 N–H and O–H groups in total. The van der Waals surface area contributed by atoms with Gasteiger partial charge in [0.25, 0.3) is 0 Å². The molecule has 22 heavy (non-hydrogen) atoms. The summed E-state index contributed by atoms with van der Waals surface area (Å²) in [6.07, 6.45) is 5.21. The van der Waals surface area contributed by atoms with Crippen molar-refractivity contribution in [3.05, 3.63) is 23.8 Å². The fourth-order valence-electron chi connectivity index (χ4n) is 1.87. The Kier molecular flexibility index (Phi) is 4.30. The number of hydrogen-bond donors (Lipinski definition) is 2. The van der Waals surface area contributed by atoms with Gasteiger partial charge in [0.05, 0.1) is 12.8 Å². The number of nitriles is 1. The quantitative estimate of drug-likeness (QED) is 0.813. The molecule has 7 heteroatoms. The molecule has 110 valence electrons. The lowest BCUT2D eigenvalue weighted by Gasteiger charge is -2.13. The van der Waals surface area contributed by atoms with Gasteiger partial charge in [-0.05, 0) is 18.2 Å². The first kappa shape index (κ1) is 14.9. The average Bonchev–Trinajstić information content (AvgIpc) is 2.52. The minimum atomic E-state index is -0.0442. The van der Waals surface area contributed by atoms with Crippen molar-refractivity contribution in [1.82, 2.24) is 9.97 Å². The number of nitrogens with zero attached hydrogens (tertiary/aromatic N) is 3. The summed E-state index contributed by atoms with van der Waals surface area (Å²) in [4.78, 5) is 7.88. The minimum Gasteiger partial charge on any atom is -0.497 e. The summed E-state index contributed by atoms with van der Waals surface area (Å²) in [5.74, 6) is 3.32. The third kappa shape index (κ3) is 2.84. The van der Waals surface area contributed by atoms with E-state index in [-0.39, 0.29) is 29.6 Å². The van der Waals surface area contributed by atoms with Gasteiger partial charge < -0.3 is 20.9 Å². The molecule has 1 aromatic heterocycles. The van der Waals surface area contributed by atoms with Crippen molar-refractivity contribution in [2.24, 2.45) is 0 Å². The van der Waals surface area contributed by atoms with Crippen molar-refractivity contribution < 1.29 is 9.47 Å². The van der Waals surface area contributed by atoms with Crippen molar-refractivity contribution in [2.75, 3.05) is 25.2 Å². The van der Waals surface area contributed by atoms with Crippen molar-refractivity contribution in [3.8, 4) is 41.2 Å². The predicted octanol–water partition coefficient (Wildman–Crippen LogP) is 1.20. The molecule has 0 spiro atoms. The Morgan fingerprint density at radius 1 is 1.32 bits per heavy atom. The first-order chi connectivity index (χ1) is 10.6. The molecule has 0 saturated heterocycles. The number of hydrogen-bond acceptors (Lipinski definition) is 7. The summed E-state index contributed by atoms with van der Waals surface area (Å²) in [6, 6.07) is 7.00. The van der Waals surface area contributed by atoms with E-state index in [2.05, 4.69) is 15.9 Å². The SMILES string of the molecule is C#CCOc1ccc(OC)cc1-c1nc(N)nc(N)c1C#N. The molecule has 0 aliphatic rings. The van der Waals surface area contributed by atoms with Gasteiger partial charge in [-0.2, -0.15) is 10.2 Å². The molecule has 0 fully saturated rings. The van der Waals surface area contributed by atoms with Gasteiger partial charge in [-0.3, -0.25) is 0 Å². The van der Waals surface area contributed by atoms with E-state index < -0.39 is 0 Å². The summed E-state index contributed by atoms with van der Waals surface area (Å²) < 4.78 is 10.7. The number of ether oxygens (including phenoxy) is 2. The maximum atomic E-state index is 9.29. The number of terminal acetylenes is 1. The lowest BCUT2D eigenvalue weighted by molar-refractivity contribution is 0.369. The van der Waals surface area contributed by atoms with Crippen LogP contribution in [0, 0.1) is 23.7 Å². The highest BCUT2D eigenvalue weighted by atomic mass is 16.5. The van der Waals surface area contributed by atoms with Crippen LogP contribution in [0.1, 0.15) is 5.56 Å². The van der Waals surface area contributed by atoms with Gasteiger partial charge in [-0.1, -0.05) is 5.92 Å². The van der Waals surface area contributed by atoms with E-state index in [4.69, 9.17) is 27.4 Å². The second-order valence-corrected chi connectivity index (χ2v) is 4.16. The number of methoxy groups -OCH3 is 1. The Morgan fingerprint density at radius 3 is 2.73 bits per heavy atom. The van der Waals surface area contributed by atoms with Crippen LogP contribution in [0.4, 0.5) is 11.8 Å². The normalized spacial score (nSPS) is 9.59. The monoisotopic (exact) mass is 295 g/mol. The zero-order chi connectivity index (χ0) is 16.1. The Labute approximate surface area is 127 Å². The van der Waals surface area contributed by atoms with Crippen molar-refractivity contribution in [3.63, 3.8) is 0 Å². The first-order valence-electron chi connectivity index (χ1n) is 6.18. The largest absolute Gasteiger partial charge is 0.497 e. The van der Waals surface area contributed by atoms with Crippen LogP contribution < -0.4 is 20.9 Å². The third-order valence-corrected chi connectivity index (χ3v) is 2.82. The molecule has 2 aromatic rings. The molecule has 1 heterocycles. The van der Waals surface area contributed by atoms with Gasteiger partial charge in [-0.15, -0.1) is 6.42 Å². The third-order valence-electron chi connectivity index (χ3n) is 2.82. The molecule has 0 saturated carbocycles. The smallest absolute Gasteiger partial charge is 0.222 e. The standard InChI is InChI=1S/C15H13N5O2/c1-3-6-22-12-5-4-9(21-2)7-10(12)13-11(8-16)14(17)20-15(18)19-13/h1,4-5,7H,6H2,2H3,(H4,17,18,19,20). The van der Waals surface area contributed by atoms with E-state index in [9.17, 15) is 5.26 Å². The van der Waals surface area contributed by atoms with Gasteiger partial charge in [0.2, 0.25) is 5.95 Å². The molecule has 0 bridgehead atoms. The summed E-state index contributed by atoms with van der Waals surface area (Å²) >= 11 is 0. The van der Waals surface area contributed by atoms with Crippen LogP contribution in [0.2, 0.25) is 0 Å². The molecule has 0 radical (unpaired) electrons. The highest BCUT2D eigenvalue weighted by molar-refractivity contribution is 5.78. The average molecular weight is 295 g/mol. The van der Waals surface area contributed by atoms with E-state index in [1.165, 1.54) is 7.11 Å². The summed E-state index contributed by atoms with van der Waals surface area (Å²) in [5, 5.41) is 9.29. The van der Waals surface area contributed by atoms with Gasteiger partial charge in [-0.25, -0.2) is 4.98 Å². The Balaban J connectivity index is 2.70. The Hall–Kier alpha value is -3.45. The fourth-order valence-corrected chi connectivity index (χ4v) is 1.87. The lowest BCUT2D eigenvalue weighted by atomic mass is 10.1. The van der Waals surface area contributed by atoms with Crippen LogP contribution in [0.25, 0.3) is 11.3 Å². The van der Waals surface area contributed by atoms with Gasteiger partial charge >= 0.3 is 0 Å². The first-order valence-corrected chi connectivity index (χ1v) is 6.18. The number of anilines is 2. The van der Waals surface area contributed by atoms with Crippen molar-refractivity contribution >= 4 is 11.8 Å². The van der Waals surface area contributed by atoms with Crippen LogP contribution in [-0.2, 0) is 0 Å². The number of benzene rings is 1. The summed E-state index contributed by atoms with van der Waals surface area (Å²) in [7, 11) is 1.52. The zero-order valence-corrected chi connectivity index (χ0v) is 11.8. The molecule has 0 atom stereocenters. The Morgan fingerprint density at radius 2 is 2.09 bits per heavy atom. The van der Waals surface area contributed by atoms with Crippen molar-refractivity contribution in [2.45, 2.75) is 0 Å². The maximum Gasteiger partial charge on any atom is 0.222 e. The number of aromatic nitrogens is 2. The van der Waals surface area contributed by atoms with E-state index in [0.29, 0.717) is 17.1 Å². The van der Waals surface area contributed by atoms with Gasteiger partial charge in [0.15, 0.2) is 0 Å². The molecule has 0 aliphatic heterocycles. The van der Waals surface area contributed by atoms with Crippen molar-refractivity contribution in [1.29, 1.82) is 5.26 Å². The van der Waals surface area contributed by atoms with Crippen LogP contribution in [0.15, 0.2) is 18.2 Å². The maximum absolute atomic E-state index is 9.29. The number of rotatable bonds is 4. The number of nitrogens with two attached hydrogens (primary N) is 2. The number of nitrogen functional groups attached to an aromatic ring is 2. The lowest BCUT2D eigenvalue weighted by Crippen LogP contribution is -2.06. The predicted molar refractivity (Wildman–Crippen MR) is 81.9 cm³/mol. The summed E-state index contributed by atoms with van der Waals surface area (Å²) in [6.45, 7) is 0.0667. The van der Waals surface area contributed by atoms with Crippen LogP contribution in [0.3, 0.4) is 0 Å². The second-order valence-electron chi connectivity index (χ2n) is 4.16. The topological polar surface area (TPSA) is 120 Å². The van der Waals surface area contributed by atoms with E-state index >= 15 is 0 Å². The molecule has 7 nitrogen and oxygen atoms in total. The van der Waals surface area contributed by atoms with E-state index in [1.807, 2.05) is 6.07 Å². The highest BCUT2D eigenvalue weighted by Crippen LogP contribution is 2.35. The minimum absolute atomic E-state index is 0.00396. The van der Waals surface area contributed by atoms with Gasteiger partial charge in [0.1, 0.15) is 35.6 Å². The summed E-state index contributed by atoms with van der Waals surface area (Å²) in [5.41, 5.74) is 12.2. The second kappa shape index (κ2) is 6.33. The van der Waals surface area contributed by atoms with Gasteiger partial charge in [0, 0.05) is 5.56 Å². The molecule has 0 amide bonds.